The van der Waals surface area contributed by atoms with Crippen LogP contribution >= 0.6 is 0 Å². The van der Waals surface area contributed by atoms with Crippen LogP contribution in [0.25, 0.3) is 0 Å². The van der Waals surface area contributed by atoms with Gasteiger partial charge in [-0.1, -0.05) is 6.07 Å². The second-order valence-corrected chi connectivity index (χ2v) is 5.69. The van der Waals surface area contributed by atoms with Crippen LogP contribution in [0.4, 0.5) is 22.0 Å². The second-order valence-electron chi connectivity index (χ2n) is 5.69. The molecule has 2 amide bonds. The molecule has 0 aliphatic heterocycles. The lowest BCUT2D eigenvalue weighted by Crippen LogP contribution is -2.34. The fourth-order valence-corrected chi connectivity index (χ4v) is 2.17. The molecule has 0 radical (unpaired) electrons. The van der Waals surface area contributed by atoms with Gasteiger partial charge in [0.2, 0.25) is 0 Å². The van der Waals surface area contributed by atoms with E-state index in [1.54, 1.807) is 12.3 Å². The summed E-state index contributed by atoms with van der Waals surface area (Å²) in [4.78, 5) is 15.8. The number of hydrogen-bond donors (Lipinski definition) is 3. The van der Waals surface area contributed by atoms with Crippen molar-refractivity contribution in [2.24, 2.45) is 0 Å². The Morgan fingerprint density at radius 1 is 1.05 bits per heavy atom. The van der Waals surface area contributed by atoms with Crippen LogP contribution in [-0.2, 0) is 0 Å². The Morgan fingerprint density at radius 2 is 1.73 bits per heavy atom. The Kier molecular flexibility index (Phi) is 4.99. The molecule has 0 saturated heterocycles. The number of aryl methyl sites for hydroxylation is 2. The first-order chi connectivity index (χ1) is 10.4. The van der Waals surface area contributed by atoms with Gasteiger partial charge in [-0.25, -0.2) is 9.78 Å². The van der Waals surface area contributed by atoms with Gasteiger partial charge < -0.3 is 10.6 Å². The number of carbonyl (C=O) groups excluding carboxylic acids is 1. The van der Waals surface area contributed by atoms with Crippen LogP contribution in [0.3, 0.4) is 0 Å². The fourth-order valence-electron chi connectivity index (χ4n) is 2.17. The van der Waals surface area contributed by atoms with Crippen LogP contribution in [0.5, 0.6) is 0 Å². The minimum Gasteiger partial charge on any atom is -0.354 e. The van der Waals surface area contributed by atoms with Crippen LogP contribution in [-0.4, -0.2) is 17.1 Å². The second kappa shape index (κ2) is 6.93. The molecule has 0 bridgehead atoms. The molecule has 5 heteroatoms. The van der Waals surface area contributed by atoms with Crippen molar-refractivity contribution in [1.82, 2.24) is 10.3 Å². The summed E-state index contributed by atoms with van der Waals surface area (Å²) in [6, 6.07) is 9.78. The number of anilines is 3. The largest absolute Gasteiger partial charge is 0.354 e. The molecule has 0 spiro atoms. The summed E-state index contributed by atoms with van der Waals surface area (Å²) in [6.07, 6.45) is 1.70. The number of pyridine rings is 1. The Labute approximate surface area is 131 Å². The number of urea groups is 1. The third-order valence-corrected chi connectivity index (χ3v) is 2.94. The average Bonchev–Trinajstić information content (AvgIpc) is 2.39. The normalized spacial score (nSPS) is 10.4. The van der Waals surface area contributed by atoms with Gasteiger partial charge in [-0.05, 0) is 63.1 Å². The van der Waals surface area contributed by atoms with Crippen LogP contribution in [0.15, 0.2) is 36.5 Å². The topological polar surface area (TPSA) is 66.0 Å². The van der Waals surface area contributed by atoms with Crippen molar-refractivity contribution < 1.29 is 4.79 Å². The van der Waals surface area contributed by atoms with Crippen LogP contribution in [0.2, 0.25) is 0 Å². The lowest BCUT2D eigenvalue weighted by molar-refractivity contribution is 0.250. The SMILES string of the molecule is Cc1cc(C)cc(Nc2ccc(NC(=O)NC(C)C)nc2)c1. The Morgan fingerprint density at radius 3 is 2.27 bits per heavy atom. The summed E-state index contributed by atoms with van der Waals surface area (Å²) >= 11 is 0. The molecule has 0 atom stereocenters. The minimum atomic E-state index is -0.252. The van der Waals surface area contributed by atoms with Crippen molar-refractivity contribution in [3.05, 3.63) is 47.7 Å². The zero-order valence-electron chi connectivity index (χ0n) is 13.4. The van der Waals surface area contributed by atoms with Crippen molar-refractivity contribution in [3.63, 3.8) is 0 Å². The molecule has 0 aliphatic rings. The van der Waals surface area contributed by atoms with Gasteiger partial charge in [-0.3, -0.25) is 5.32 Å². The fraction of sp³-hybridized carbons (Fsp3) is 0.294. The van der Waals surface area contributed by atoms with E-state index in [9.17, 15) is 4.79 Å². The molecular formula is C17H22N4O. The predicted octanol–water partition coefficient (Wildman–Crippen LogP) is 3.97. The molecule has 116 valence electrons. The molecule has 0 fully saturated rings. The zero-order valence-corrected chi connectivity index (χ0v) is 13.4. The molecule has 1 heterocycles. The van der Waals surface area contributed by atoms with E-state index in [0.717, 1.165) is 11.4 Å². The Bertz CT molecular complexity index is 630. The number of amides is 2. The summed E-state index contributed by atoms with van der Waals surface area (Å²) in [5.74, 6) is 0.518. The van der Waals surface area contributed by atoms with Crippen LogP contribution in [0, 0.1) is 13.8 Å². The number of benzene rings is 1. The van der Waals surface area contributed by atoms with E-state index in [4.69, 9.17) is 0 Å². The van der Waals surface area contributed by atoms with Crippen LogP contribution < -0.4 is 16.0 Å². The first-order valence-electron chi connectivity index (χ1n) is 7.31. The summed E-state index contributed by atoms with van der Waals surface area (Å²) in [5, 5.41) is 8.75. The maximum absolute atomic E-state index is 11.6. The van der Waals surface area contributed by atoms with E-state index in [1.165, 1.54) is 11.1 Å². The number of nitrogens with zero attached hydrogens (tertiary/aromatic N) is 1. The van der Waals surface area contributed by atoms with Gasteiger partial charge in [0, 0.05) is 11.7 Å². The zero-order chi connectivity index (χ0) is 16.1. The monoisotopic (exact) mass is 298 g/mol. The maximum atomic E-state index is 11.6. The lowest BCUT2D eigenvalue weighted by Gasteiger charge is -2.11. The molecule has 0 aliphatic carbocycles. The molecular weight excluding hydrogens is 276 g/mol. The van der Waals surface area contributed by atoms with Gasteiger partial charge in [0.15, 0.2) is 0 Å². The molecule has 1 aromatic heterocycles. The highest BCUT2D eigenvalue weighted by molar-refractivity contribution is 5.88. The van der Waals surface area contributed by atoms with Gasteiger partial charge >= 0.3 is 6.03 Å². The molecule has 22 heavy (non-hydrogen) atoms. The highest BCUT2D eigenvalue weighted by Gasteiger charge is 2.04. The molecule has 0 saturated carbocycles. The standard InChI is InChI=1S/C17H22N4O/c1-11(2)19-17(22)21-16-6-5-14(10-18-16)20-15-8-12(3)7-13(4)9-15/h5-11,20H,1-4H3,(H2,18,19,21,22). The van der Waals surface area contributed by atoms with Gasteiger partial charge in [-0.2, -0.15) is 0 Å². The van der Waals surface area contributed by atoms with Crippen molar-refractivity contribution >= 4 is 23.2 Å². The van der Waals surface area contributed by atoms with Crippen molar-refractivity contribution in [2.45, 2.75) is 33.7 Å². The summed E-state index contributed by atoms with van der Waals surface area (Å²) in [7, 11) is 0. The number of rotatable bonds is 4. The highest BCUT2D eigenvalue weighted by Crippen LogP contribution is 2.19. The molecule has 2 aromatic rings. The van der Waals surface area contributed by atoms with E-state index in [2.05, 4.69) is 53.0 Å². The molecule has 3 N–H and O–H groups in total. The number of aromatic nitrogens is 1. The smallest absolute Gasteiger partial charge is 0.320 e. The summed E-state index contributed by atoms with van der Waals surface area (Å²) < 4.78 is 0. The van der Waals surface area contributed by atoms with Gasteiger partial charge in [0.1, 0.15) is 5.82 Å². The quantitative estimate of drug-likeness (QED) is 0.800. The van der Waals surface area contributed by atoms with Crippen molar-refractivity contribution in [1.29, 1.82) is 0 Å². The molecule has 5 nitrogen and oxygen atoms in total. The van der Waals surface area contributed by atoms with Gasteiger partial charge in [0.25, 0.3) is 0 Å². The Hall–Kier alpha value is -2.56. The minimum absolute atomic E-state index is 0.0884. The van der Waals surface area contributed by atoms with E-state index in [-0.39, 0.29) is 12.1 Å². The summed E-state index contributed by atoms with van der Waals surface area (Å²) in [5.41, 5.74) is 4.32. The average molecular weight is 298 g/mol. The predicted molar refractivity (Wildman–Crippen MR) is 90.7 cm³/mol. The number of carbonyl (C=O) groups is 1. The van der Waals surface area contributed by atoms with Crippen molar-refractivity contribution in [2.75, 3.05) is 10.6 Å². The van der Waals surface area contributed by atoms with Crippen LogP contribution in [0.1, 0.15) is 25.0 Å². The first kappa shape index (κ1) is 15.8. The van der Waals surface area contributed by atoms with E-state index < -0.39 is 0 Å². The molecule has 1 aromatic carbocycles. The highest BCUT2D eigenvalue weighted by atomic mass is 16.2. The molecule has 2 rings (SSSR count). The number of nitrogens with one attached hydrogen (secondary N) is 3. The van der Waals surface area contributed by atoms with E-state index in [1.807, 2.05) is 19.9 Å². The Balaban J connectivity index is 2.01. The summed E-state index contributed by atoms with van der Waals surface area (Å²) in [6.45, 7) is 7.95. The van der Waals surface area contributed by atoms with E-state index >= 15 is 0 Å². The number of hydrogen-bond acceptors (Lipinski definition) is 3. The third-order valence-electron chi connectivity index (χ3n) is 2.94. The van der Waals surface area contributed by atoms with E-state index in [0.29, 0.717) is 5.82 Å². The van der Waals surface area contributed by atoms with Gasteiger partial charge in [-0.15, -0.1) is 0 Å². The molecule has 0 unspecified atom stereocenters. The van der Waals surface area contributed by atoms with Gasteiger partial charge in [0.05, 0.1) is 11.9 Å². The van der Waals surface area contributed by atoms with Crippen molar-refractivity contribution in [3.8, 4) is 0 Å². The third kappa shape index (κ3) is 4.77. The lowest BCUT2D eigenvalue weighted by atomic mass is 10.1. The maximum Gasteiger partial charge on any atom is 0.320 e. The first-order valence-corrected chi connectivity index (χ1v) is 7.31.